The Morgan fingerprint density at radius 2 is 1.95 bits per heavy atom. The quantitative estimate of drug-likeness (QED) is 0.918. The summed E-state index contributed by atoms with van der Waals surface area (Å²) in [5.74, 6) is 2.26. The van der Waals surface area contributed by atoms with Crippen molar-refractivity contribution in [2.75, 3.05) is 6.54 Å². The molecule has 0 radical (unpaired) electrons. The standard InChI is InChI=1S/C15H19N3O/c16-10-12-8-4-5-9-13(12)15-17-14(18-19-15)11-6-2-1-3-7-11/h1-3,6-7,12-13H,4-5,8-10,16H2. The highest BCUT2D eigenvalue weighted by Gasteiger charge is 2.30. The third kappa shape index (κ3) is 2.54. The Hall–Kier alpha value is -1.68. The fourth-order valence-corrected chi connectivity index (χ4v) is 2.91. The molecule has 1 heterocycles. The van der Waals surface area contributed by atoms with E-state index in [9.17, 15) is 0 Å². The minimum atomic E-state index is 0.337. The lowest BCUT2D eigenvalue weighted by atomic mass is 9.79. The third-order valence-corrected chi connectivity index (χ3v) is 4.00. The highest BCUT2D eigenvalue weighted by Crippen LogP contribution is 2.36. The maximum atomic E-state index is 5.86. The zero-order valence-corrected chi connectivity index (χ0v) is 11.0. The van der Waals surface area contributed by atoms with Crippen LogP contribution in [0.3, 0.4) is 0 Å². The molecule has 1 fully saturated rings. The van der Waals surface area contributed by atoms with Crippen LogP contribution in [0.5, 0.6) is 0 Å². The Bertz CT molecular complexity index is 523. The van der Waals surface area contributed by atoms with Crippen LogP contribution < -0.4 is 5.73 Å². The maximum Gasteiger partial charge on any atom is 0.230 e. The molecule has 1 saturated carbocycles. The van der Waals surface area contributed by atoms with Crippen molar-refractivity contribution in [3.05, 3.63) is 36.2 Å². The van der Waals surface area contributed by atoms with Crippen LogP contribution in [0.2, 0.25) is 0 Å². The van der Waals surface area contributed by atoms with E-state index in [1.165, 1.54) is 19.3 Å². The molecule has 100 valence electrons. The van der Waals surface area contributed by atoms with Crippen molar-refractivity contribution < 1.29 is 4.52 Å². The topological polar surface area (TPSA) is 64.9 Å². The average molecular weight is 257 g/mol. The van der Waals surface area contributed by atoms with Gasteiger partial charge < -0.3 is 10.3 Å². The number of nitrogens with two attached hydrogens (primary N) is 1. The number of aromatic nitrogens is 2. The summed E-state index contributed by atoms with van der Waals surface area (Å²) in [5.41, 5.74) is 6.86. The first-order valence-electron chi connectivity index (χ1n) is 6.97. The van der Waals surface area contributed by atoms with Gasteiger partial charge in [-0.25, -0.2) is 0 Å². The number of nitrogens with zero attached hydrogens (tertiary/aromatic N) is 2. The highest BCUT2D eigenvalue weighted by atomic mass is 16.5. The van der Waals surface area contributed by atoms with Crippen LogP contribution in [0, 0.1) is 5.92 Å². The van der Waals surface area contributed by atoms with E-state index < -0.39 is 0 Å². The minimum absolute atomic E-state index is 0.337. The van der Waals surface area contributed by atoms with Gasteiger partial charge >= 0.3 is 0 Å². The molecule has 0 saturated heterocycles. The van der Waals surface area contributed by atoms with E-state index in [1.54, 1.807) is 0 Å². The van der Waals surface area contributed by atoms with Crippen LogP contribution >= 0.6 is 0 Å². The van der Waals surface area contributed by atoms with Crippen molar-refractivity contribution in [3.8, 4) is 11.4 Å². The molecular formula is C15H19N3O. The molecule has 1 aromatic carbocycles. The molecule has 1 aromatic heterocycles. The minimum Gasteiger partial charge on any atom is -0.339 e. The zero-order chi connectivity index (χ0) is 13.1. The number of hydrogen-bond donors (Lipinski definition) is 1. The normalized spacial score (nSPS) is 23.4. The zero-order valence-electron chi connectivity index (χ0n) is 11.0. The van der Waals surface area contributed by atoms with Crippen LogP contribution in [0.1, 0.15) is 37.5 Å². The molecule has 2 N–H and O–H groups in total. The molecule has 2 aromatic rings. The Morgan fingerprint density at radius 1 is 1.16 bits per heavy atom. The second-order valence-electron chi connectivity index (χ2n) is 5.21. The molecule has 4 nitrogen and oxygen atoms in total. The van der Waals surface area contributed by atoms with E-state index in [4.69, 9.17) is 10.3 Å². The van der Waals surface area contributed by atoms with Crippen molar-refractivity contribution in [2.45, 2.75) is 31.6 Å². The Kier molecular flexibility index (Phi) is 3.60. The summed E-state index contributed by atoms with van der Waals surface area (Å²) in [7, 11) is 0. The second-order valence-corrected chi connectivity index (χ2v) is 5.21. The predicted molar refractivity (Wildman–Crippen MR) is 73.5 cm³/mol. The van der Waals surface area contributed by atoms with Crippen molar-refractivity contribution in [2.24, 2.45) is 11.7 Å². The number of hydrogen-bond acceptors (Lipinski definition) is 4. The molecule has 3 rings (SSSR count). The van der Waals surface area contributed by atoms with Crippen LogP contribution in [-0.2, 0) is 0 Å². The van der Waals surface area contributed by atoms with Crippen molar-refractivity contribution >= 4 is 0 Å². The first-order valence-corrected chi connectivity index (χ1v) is 6.97. The molecule has 0 bridgehead atoms. The Labute approximate surface area is 113 Å². The highest BCUT2D eigenvalue weighted by molar-refractivity contribution is 5.53. The number of rotatable bonds is 3. The van der Waals surface area contributed by atoms with Crippen molar-refractivity contribution in [1.29, 1.82) is 0 Å². The summed E-state index contributed by atoms with van der Waals surface area (Å²) in [4.78, 5) is 4.57. The van der Waals surface area contributed by atoms with Gasteiger partial charge in [0.15, 0.2) is 0 Å². The molecular weight excluding hydrogens is 238 g/mol. The van der Waals surface area contributed by atoms with Gasteiger partial charge in [-0.05, 0) is 25.3 Å². The average Bonchev–Trinajstić information content (AvgIpc) is 2.98. The van der Waals surface area contributed by atoms with Crippen LogP contribution in [-0.4, -0.2) is 16.7 Å². The summed E-state index contributed by atoms with van der Waals surface area (Å²) >= 11 is 0. The fraction of sp³-hybridized carbons (Fsp3) is 0.467. The second kappa shape index (κ2) is 5.53. The van der Waals surface area contributed by atoms with E-state index in [0.717, 1.165) is 17.9 Å². The third-order valence-electron chi connectivity index (χ3n) is 4.00. The Balaban J connectivity index is 1.84. The van der Waals surface area contributed by atoms with Gasteiger partial charge in [0.1, 0.15) is 0 Å². The lowest BCUT2D eigenvalue weighted by molar-refractivity contribution is 0.249. The van der Waals surface area contributed by atoms with E-state index >= 15 is 0 Å². The largest absolute Gasteiger partial charge is 0.339 e. The van der Waals surface area contributed by atoms with Gasteiger partial charge in [-0.1, -0.05) is 48.3 Å². The molecule has 0 aliphatic heterocycles. The molecule has 1 aliphatic carbocycles. The first-order chi connectivity index (χ1) is 9.38. The smallest absolute Gasteiger partial charge is 0.230 e. The lowest BCUT2D eigenvalue weighted by Crippen LogP contribution is -2.25. The van der Waals surface area contributed by atoms with Crippen LogP contribution in [0.4, 0.5) is 0 Å². The Morgan fingerprint density at radius 3 is 2.74 bits per heavy atom. The summed E-state index contributed by atoms with van der Waals surface area (Å²) < 4.78 is 5.47. The maximum absolute atomic E-state index is 5.86. The molecule has 0 spiro atoms. The van der Waals surface area contributed by atoms with Crippen LogP contribution in [0.25, 0.3) is 11.4 Å². The van der Waals surface area contributed by atoms with Gasteiger partial charge in [0.05, 0.1) is 0 Å². The van der Waals surface area contributed by atoms with Gasteiger partial charge in [0.25, 0.3) is 0 Å². The van der Waals surface area contributed by atoms with E-state index in [0.29, 0.717) is 24.2 Å². The van der Waals surface area contributed by atoms with Gasteiger partial charge in [0.2, 0.25) is 11.7 Å². The molecule has 19 heavy (non-hydrogen) atoms. The molecule has 2 atom stereocenters. The number of benzene rings is 1. The summed E-state index contributed by atoms with van der Waals surface area (Å²) in [6, 6.07) is 9.94. The summed E-state index contributed by atoms with van der Waals surface area (Å²) in [5, 5.41) is 4.10. The van der Waals surface area contributed by atoms with E-state index in [-0.39, 0.29) is 0 Å². The van der Waals surface area contributed by atoms with E-state index in [2.05, 4.69) is 10.1 Å². The molecule has 2 unspecified atom stereocenters. The van der Waals surface area contributed by atoms with E-state index in [1.807, 2.05) is 30.3 Å². The summed E-state index contributed by atoms with van der Waals surface area (Å²) in [6.07, 6.45) is 4.77. The van der Waals surface area contributed by atoms with Gasteiger partial charge in [-0.3, -0.25) is 0 Å². The SMILES string of the molecule is NCC1CCCCC1c1nc(-c2ccccc2)no1. The molecule has 4 heteroatoms. The van der Waals surface area contributed by atoms with Gasteiger partial charge in [-0.15, -0.1) is 0 Å². The first kappa shape index (κ1) is 12.4. The van der Waals surface area contributed by atoms with Crippen LogP contribution in [0.15, 0.2) is 34.9 Å². The van der Waals surface area contributed by atoms with Crippen molar-refractivity contribution in [3.63, 3.8) is 0 Å². The molecule has 0 amide bonds. The fourth-order valence-electron chi connectivity index (χ4n) is 2.91. The van der Waals surface area contributed by atoms with Gasteiger partial charge in [-0.2, -0.15) is 4.98 Å². The van der Waals surface area contributed by atoms with Gasteiger partial charge in [0, 0.05) is 11.5 Å². The van der Waals surface area contributed by atoms with Crippen molar-refractivity contribution in [1.82, 2.24) is 10.1 Å². The summed E-state index contributed by atoms with van der Waals surface area (Å²) in [6.45, 7) is 0.702. The predicted octanol–water partition coefficient (Wildman–Crippen LogP) is 2.97. The monoisotopic (exact) mass is 257 g/mol. The lowest BCUT2D eigenvalue weighted by Gasteiger charge is -2.27. The molecule has 1 aliphatic rings.